The predicted octanol–water partition coefficient (Wildman–Crippen LogP) is 24.4. The van der Waals surface area contributed by atoms with Crippen LogP contribution in [0.2, 0.25) is 0 Å². The summed E-state index contributed by atoms with van der Waals surface area (Å²) in [4.78, 5) is 17.0. The number of unbranched alkanes of at least 4 members (excludes halogenated alkanes) is 18. The first kappa shape index (κ1) is 69.5. The fourth-order valence-corrected chi connectivity index (χ4v) is 16.8. The summed E-state index contributed by atoms with van der Waals surface area (Å²) in [5.41, 5.74) is -1.19. The topological polar surface area (TPSA) is 37.3 Å². The molecule has 2 nitrogen and oxygen atoms in total. The van der Waals surface area contributed by atoms with Gasteiger partial charge in [-0.05, 0) is 104 Å². The van der Waals surface area contributed by atoms with Crippen LogP contribution in [0.4, 0.5) is 0 Å². The van der Waals surface area contributed by atoms with Crippen LogP contribution in [0, 0.1) is 57.7 Å². The summed E-state index contributed by atoms with van der Waals surface area (Å²) in [7, 11) is 0. The third-order valence-corrected chi connectivity index (χ3v) is 19.4. The number of aliphatic carboxylic acids is 1. The van der Waals surface area contributed by atoms with E-state index in [-0.39, 0.29) is 28.6 Å². The molecular weight excluding hydrogens is 849 g/mol. The van der Waals surface area contributed by atoms with Crippen molar-refractivity contribution < 1.29 is 9.90 Å². The molecule has 0 heterocycles. The Morgan fingerprint density at radius 1 is 0.300 bits per heavy atom. The minimum absolute atomic E-state index is 0.0788. The molecule has 0 amide bonds. The van der Waals surface area contributed by atoms with E-state index < -0.39 is 5.41 Å². The molecule has 2 heteroatoms. The van der Waals surface area contributed by atoms with Gasteiger partial charge in [-0.1, -0.05) is 322 Å². The van der Waals surface area contributed by atoms with Crippen molar-refractivity contribution in [1.82, 2.24) is 0 Å². The molecule has 0 bridgehead atoms. The van der Waals surface area contributed by atoms with Gasteiger partial charge in [0.2, 0.25) is 0 Å². The van der Waals surface area contributed by atoms with Gasteiger partial charge in [-0.25, -0.2) is 0 Å². The van der Waals surface area contributed by atoms with Crippen molar-refractivity contribution >= 4 is 5.97 Å². The average molecular weight is 986 g/mol. The molecule has 0 aromatic carbocycles. The monoisotopic (exact) mass is 985 g/mol. The van der Waals surface area contributed by atoms with Crippen LogP contribution in [0.15, 0.2) is 0 Å². The largest absolute Gasteiger partial charge is 0.481 e. The van der Waals surface area contributed by atoms with Gasteiger partial charge in [0, 0.05) is 0 Å². The van der Waals surface area contributed by atoms with Gasteiger partial charge in [0.05, 0.1) is 5.41 Å². The molecule has 0 spiro atoms. The Morgan fingerprint density at radius 2 is 0.529 bits per heavy atom. The van der Waals surface area contributed by atoms with Crippen LogP contribution in [0.25, 0.3) is 0 Å². The summed E-state index contributed by atoms with van der Waals surface area (Å²) in [6.45, 7) is 34.8. The summed E-state index contributed by atoms with van der Waals surface area (Å²) in [5.74, 6) is 2.48. The van der Waals surface area contributed by atoms with Crippen molar-refractivity contribution in [3.05, 3.63) is 0 Å². The first-order chi connectivity index (χ1) is 34.0. The summed E-state index contributed by atoms with van der Waals surface area (Å²) < 4.78 is 0. The van der Waals surface area contributed by atoms with Crippen molar-refractivity contribution in [2.75, 3.05) is 0 Å². The molecule has 70 heavy (non-hydrogen) atoms. The maximum absolute atomic E-state index is 17.0. The molecular formula is C68H136O2. The fraction of sp³-hybridized carbons (Fsp3) is 0.985. The zero-order valence-corrected chi connectivity index (χ0v) is 51.3. The van der Waals surface area contributed by atoms with Crippen LogP contribution >= 0.6 is 0 Å². The minimum Gasteiger partial charge on any atom is -0.481 e. The summed E-state index contributed by atoms with van der Waals surface area (Å²) in [6.07, 6.45) is 53.3. The Bertz CT molecular complexity index is 1070. The van der Waals surface area contributed by atoms with Gasteiger partial charge in [0.15, 0.2) is 0 Å². The van der Waals surface area contributed by atoms with E-state index in [1.165, 1.54) is 238 Å². The molecule has 0 aliphatic rings. The first-order valence-corrected chi connectivity index (χ1v) is 33.3. The maximum atomic E-state index is 17.0. The van der Waals surface area contributed by atoms with Crippen molar-refractivity contribution in [1.29, 1.82) is 0 Å². The molecule has 7 unspecified atom stereocenters. The quantitative estimate of drug-likeness (QED) is 0.0617. The normalized spacial score (nSPS) is 17.8. The molecule has 0 aliphatic heterocycles. The molecule has 0 aromatic heterocycles. The number of carboxylic acid groups (broad SMARTS) is 1. The summed E-state index contributed by atoms with van der Waals surface area (Å²) in [5, 5.41) is 13.9. The van der Waals surface area contributed by atoms with E-state index in [4.69, 9.17) is 0 Å². The fourth-order valence-electron chi connectivity index (χ4n) is 16.8. The van der Waals surface area contributed by atoms with Crippen molar-refractivity contribution in [2.24, 2.45) is 57.7 Å². The molecule has 0 rings (SSSR count). The third kappa shape index (κ3) is 20.2. The van der Waals surface area contributed by atoms with Crippen LogP contribution in [-0.2, 0) is 4.79 Å². The van der Waals surface area contributed by atoms with Gasteiger partial charge in [-0.3, -0.25) is 4.79 Å². The van der Waals surface area contributed by atoms with Crippen molar-refractivity contribution in [2.45, 2.75) is 373 Å². The number of carboxylic acids is 1. The number of rotatable bonds is 53. The Morgan fingerprint density at radius 3 is 0.757 bits per heavy atom. The van der Waals surface area contributed by atoms with Gasteiger partial charge >= 0.3 is 5.97 Å². The zero-order chi connectivity index (χ0) is 52.5. The van der Waals surface area contributed by atoms with E-state index >= 15 is 4.79 Å². The number of carbonyl (C=O) groups is 1. The molecule has 1 N–H and O–H groups in total. The lowest BCUT2D eigenvalue weighted by Gasteiger charge is -2.75. The molecule has 0 aromatic rings. The van der Waals surface area contributed by atoms with Crippen LogP contribution in [0.3, 0.4) is 0 Å². The van der Waals surface area contributed by atoms with E-state index in [9.17, 15) is 5.11 Å². The smallest absolute Gasteiger partial charge is 0.310 e. The van der Waals surface area contributed by atoms with Crippen LogP contribution in [-0.4, -0.2) is 11.1 Å². The van der Waals surface area contributed by atoms with Gasteiger partial charge in [-0.15, -0.1) is 0 Å². The lowest BCUT2D eigenvalue weighted by atomic mass is 9.28. The Labute approximate surface area is 444 Å². The van der Waals surface area contributed by atoms with E-state index in [0.29, 0.717) is 29.6 Å². The highest BCUT2D eigenvalue weighted by atomic mass is 16.4. The van der Waals surface area contributed by atoms with Crippen LogP contribution in [0.1, 0.15) is 373 Å². The molecule has 0 fully saturated rings. The van der Waals surface area contributed by atoms with Crippen LogP contribution < -0.4 is 0 Å². The number of hydrogen-bond donors (Lipinski definition) is 1. The predicted molar refractivity (Wildman–Crippen MR) is 317 cm³/mol. The summed E-state index contributed by atoms with van der Waals surface area (Å²) in [6, 6.07) is 0. The number of hydrogen-bond acceptors (Lipinski definition) is 1. The van der Waals surface area contributed by atoms with Gasteiger partial charge in [0.25, 0.3) is 0 Å². The van der Waals surface area contributed by atoms with E-state index in [2.05, 4.69) is 96.9 Å². The molecule has 0 saturated carbocycles. The Kier molecular flexibility index (Phi) is 43.4. The highest BCUT2D eigenvalue weighted by Gasteiger charge is 2.77. The van der Waals surface area contributed by atoms with Crippen LogP contribution in [0.5, 0.6) is 0 Å². The minimum atomic E-state index is -0.791. The Hall–Kier alpha value is -0.530. The van der Waals surface area contributed by atoms with E-state index in [1.807, 2.05) is 0 Å². The lowest BCUT2D eigenvalue weighted by Crippen LogP contribution is -2.73. The second-order valence-electron chi connectivity index (χ2n) is 24.3. The van der Waals surface area contributed by atoms with Gasteiger partial charge in [-0.2, -0.15) is 0 Å². The zero-order valence-electron chi connectivity index (χ0n) is 51.3. The molecule has 0 saturated heterocycles. The Balaban J connectivity index is 10.8. The first-order valence-electron chi connectivity index (χ1n) is 33.3. The molecule has 7 atom stereocenters. The van der Waals surface area contributed by atoms with Crippen molar-refractivity contribution in [3.63, 3.8) is 0 Å². The second-order valence-corrected chi connectivity index (χ2v) is 24.3. The molecule has 420 valence electrons. The highest BCUT2D eigenvalue weighted by molar-refractivity contribution is 5.77. The third-order valence-electron chi connectivity index (χ3n) is 19.4. The summed E-state index contributed by atoms with van der Waals surface area (Å²) >= 11 is 0. The highest BCUT2D eigenvalue weighted by Crippen LogP contribution is 2.78. The second kappa shape index (κ2) is 43.7. The average Bonchev–Trinajstić information content (AvgIpc) is 3.35. The van der Waals surface area contributed by atoms with Crippen molar-refractivity contribution in [3.8, 4) is 0 Å². The standard InChI is InChI=1S/C68H136O2/c1-15-28-34-40-52-59(46-21-7)66(58(14)27-13,60(47-22-8)53-41-35-29-16-2)68(63(50-25-11)56-44-38-32-19-5,64(51-26-12)57-45-39-33-20-6)67(65(69)70,61(48-23-9)54-42-36-30-17-3)62(49-24-10)55-43-37-31-18-4/h58-64H,15-57H2,1-14H3,(H,69,70). The van der Waals surface area contributed by atoms with Gasteiger partial charge < -0.3 is 5.11 Å². The lowest BCUT2D eigenvalue weighted by molar-refractivity contribution is -0.286. The SMILES string of the molecule is CCCCCCC(CCC)C(C(=O)O)(C(CCC)CCCCCC)C(C(CCC)CCCCCC)(C(CCC)CCCCCC)C(C(C)CC)(C(CCC)CCCCCC)C(CCC)CCCCCC. The van der Waals surface area contributed by atoms with E-state index in [0.717, 1.165) is 38.5 Å². The van der Waals surface area contributed by atoms with E-state index in [1.54, 1.807) is 0 Å². The maximum Gasteiger partial charge on any atom is 0.310 e. The molecule has 0 radical (unpaired) electrons. The van der Waals surface area contributed by atoms with Gasteiger partial charge in [0.1, 0.15) is 0 Å². The molecule has 0 aliphatic carbocycles.